The molecule has 0 radical (unpaired) electrons. The third kappa shape index (κ3) is 5.27. The Morgan fingerprint density at radius 3 is 2.48 bits per heavy atom. The van der Waals surface area contributed by atoms with Crippen molar-refractivity contribution in [2.24, 2.45) is 0 Å². The number of carboxylic acid groups (broad SMARTS) is 1. The molecule has 0 aliphatic heterocycles. The highest BCUT2D eigenvalue weighted by molar-refractivity contribution is 5.79. The summed E-state index contributed by atoms with van der Waals surface area (Å²) in [4.78, 5) is 23.2. The lowest BCUT2D eigenvalue weighted by Gasteiger charge is -2.30. The number of nitrogens with zero attached hydrogens (tertiary/aromatic N) is 1. The SMILES string of the molecule is C=CCN(NC(C)(C)C(=O)O)C(=O)NCc1ccccc1. The van der Waals surface area contributed by atoms with Crippen LogP contribution in [-0.4, -0.2) is 34.2 Å². The number of amides is 2. The van der Waals surface area contributed by atoms with E-state index < -0.39 is 17.5 Å². The van der Waals surface area contributed by atoms with E-state index in [0.717, 1.165) is 5.56 Å². The van der Waals surface area contributed by atoms with Crippen LogP contribution >= 0.6 is 0 Å². The summed E-state index contributed by atoms with van der Waals surface area (Å²) < 4.78 is 0. The molecule has 0 fully saturated rings. The van der Waals surface area contributed by atoms with E-state index in [1.807, 2.05) is 30.3 Å². The van der Waals surface area contributed by atoms with Gasteiger partial charge in [-0.3, -0.25) is 9.80 Å². The van der Waals surface area contributed by atoms with Crippen molar-refractivity contribution in [1.29, 1.82) is 0 Å². The summed E-state index contributed by atoms with van der Waals surface area (Å²) in [5, 5.41) is 13.0. The van der Waals surface area contributed by atoms with Crippen LogP contribution in [0.15, 0.2) is 43.0 Å². The zero-order chi connectivity index (χ0) is 15.9. The number of carboxylic acids is 1. The first-order chi connectivity index (χ1) is 9.86. The van der Waals surface area contributed by atoms with Crippen LogP contribution in [-0.2, 0) is 11.3 Å². The first kappa shape index (κ1) is 16.7. The second-order valence-corrected chi connectivity index (χ2v) is 5.09. The quantitative estimate of drug-likeness (QED) is 0.528. The molecule has 0 aliphatic carbocycles. The van der Waals surface area contributed by atoms with Gasteiger partial charge in [0.05, 0.1) is 6.54 Å². The highest BCUT2D eigenvalue weighted by Crippen LogP contribution is 2.04. The van der Waals surface area contributed by atoms with Gasteiger partial charge in [-0.15, -0.1) is 6.58 Å². The summed E-state index contributed by atoms with van der Waals surface area (Å²) in [5.41, 5.74) is 2.38. The molecule has 6 nitrogen and oxygen atoms in total. The van der Waals surface area contributed by atoms with Crippen molar-refractivity contribution >= 4 is 12.0 Å². The summed E-state index contributed by atoms with van der Waals surface area (Å²) in [6.45, 7) is 7.09. The fourth-order valence-electron chi connectivity index (χ4n) is 1.56. The van der Waals surface area contributed by atoms with Gasteiger partial charge in [0.25, 0.3) is 0 Å². The Labute approximate surface area is 124 Å². The van der Waals surface area contributed by atoms with Gasteiger partial charge in [0.2, 0.25) is 0 Å². The average molecular weight is 291 g/mol. The van der Waals surface area contributed by atoms with Crippen molar-refractivity contribution in [1.82, 2.24) is 15.8 Å². The molecule has 0 saturated heterocycles. The molecule has 0 heterocycles. The smallest absolute Gasteiger partial charge is 0.332 e. The fraction of sp³-hybridized carbons (Fsp3) is 0.333. The average Bonchev–Trinajstić information content (AvgIpc) is 2.45. The third-order valence-corrected chi connectivity index (χ3v) is 2.79. The molecular weight excluding hydrogens is 270 g/mol. The van der Waals surface area contributed by atoms with E-state index in [9.17, 15) is 9.59 Å². The number of aliphatic carboxylic acids is 1. The van der Waals surface area contributed by atoms with E-state index in [-0.39, 0.29) is 6.54 Å². The van der Waals surface area contributed by atoms with E-state index >= 15 is 0 Å². The van der Waals surface area contributed by atoms with Crippen LogP contribution in [0.3, 0.4) is 0 Å². The van der Waals surface area contributed by atoms with Crippen molar-refractivity contribution < 1.29 is 14.7 Å². The molecule has 0 atom stereocenters. The summed E-state index contributed by atoms with van der Waals surface area (Å²) in [6, 6.07) is 9.04. The lowest BCUT2D eigenvalue weighted by molar-refractivity contribution is -0.145. The molecule has 0 spiro atoms. The molecule has 0 aromatic heterocycles. The molecule has 0 saturated carbocycles. The Morgan fingerprint density at radius 1 is 1.33 bits per heavy atom. The summed E-state index contributed by atoms with van der Waals surface area (Å²) >= 11 is 0. The molecule has 0 unspecified atom stereocenters. The molecule has 0 aliphatic rings. The lowest BCUT2D eigenvalue weighted by Crippen LogP contribution is -2.59. The van der Waals surface area contributed by atoms with Crippen LogP contribution in [0.25, 0.3) is 0 Å². The minimum atomic E-state index is -1.26. The molecular formula is C15H21N3O3. The minimum Gasteiger partial charge on any atom is -0.480 e. The maximum absolute atomic E-state index is 12.1. The van der Waals surface area contributed by atoms with Crippen LogP contribution < -0.4 is 10.7 Å². The minimum absolute atomic E-state index is 0.192. The van der Waals surface area contributed by atoms with Gasteiger partial charge in [-0.25, -0.2) is 10.2 Å². The second kappa shape index (κ2) is 7.44. The first-order valence-corrected chi connectivity index (χ1v) is 6.58. The predicted molar refractivity (Wildman–Crippen MR) is 80.4 cm³/mol. The number of hydrazine groups is 1. The van der Waals surface area contributed by atoms with Gasteiger partial charge in [-0.05, 0) is 19.4 Å². The monoisotopic (exact) mass is 291 g/mol. The topological polar surface area (TPSA) is 81.7 Å². The van der Waals surface area contributed by atoms with Crippen molar-refractivity contribution in [3.05, 3.63) is 48.6 Å². The van der Waals surface area contributed by atoms with E-state index in [0.29, 0.717) is 6.54 Å². The van der Waals surface area contributed by atoms with Gasteiger partial charge in [-0.2, -0.15) is 0 Å². The van der Waals surface area contributed by atoms with Gasteiger partial charge >= 0.3 is 12.0 Å². The number of carbonyl (C=O) groups is 2. The number of urea groups is 1. The van der Waals surface area contributed by atoms with E-state index in [4.69, 9.17) is 5.11 Å². The van der Waals surface area contributed by atoms with Crippen LogP contribution in [0.1, 0.15) is 19.4 Å². The van der Waals surface area contributed by atoms with E-state index in [1.54, 1.807) is 0 Å². The largest absolute Gasteiger partial charge is 0.480 e. The predicted octanol–water partition coefficient (Wildman–Crippen LogP) is 1.75. The van der Waals surface area contributed by atoms with Crippen molar-refractivity contribution in [3.63, 3.8) is 0 Å². The molecule has 0 bridgehead atoms. The van der Waals surface area contributed by atoms with Crippen LogP contribution in [0.2, 0.25) is 0 Å². The van der Waals surface area contributed by atoms with E-state index in [1.165, 1.54) is 24.9 Å². The number of benzene rings is 1. The number of rotatable bonds is 7. The number of nitrogens with one attached hydrogen (secondary N) is 2. The van der Waals surface area contributed by atoms with Gasteiger partial charge in [0.15, 0.2) is 0 Å². The number of hydrogen-bond acceptors (Lipinski definition) is 3. The number of carbonyl (C=O) groups excluding carboxylic acids is 1. The normalized spacial score (nSPS) is 10.8. The van der Waals surface area contributed by atoms with Gasteiger partial charge < -0.3 is 10.4 Å². The van der Waals surface area contributed by atoms with Crippen molar-refractivity contribution in [2.45, 2.75) is 25.9 Å². The van der Waals surface area contributed by atoms with Crippen LogP contribution in [0, 0.1) is 0 Å². The second-order valence-electron chi connectivity index (χ2n) is 5.09. The molecule has 21 heavy (non-hydrogen) atoms. The molecule has 6 heteroatoms. The van der Waals surface area contributed by atoms with Crippen molar-refractivity contribution in [3.8, 4) is 0 Å². The molecule has 1 rings (SSSR count). The van der Waals surface area contributed by atoms with E-state index in [2.05, 4.69) is 17.3 Å². The van der Waals surface area contributed by atoms with Gasteiger partial charge in [0.1, 0.15) is 5.54 Å². The van der Waals surface area contributed by atoms with Gasteiger partial charge in [0, 0.05) is 6.54 Å². The Hall–Kier alpha value is -2.34. The third-order valence-electron chi connectivity index (χ3n) is 2.79. The van der Waals surface area contributed by atoms with Crippen molar-refractivity contribution in [2.75, 3.05) is 6.54 Å². The Balaban J connectivity index is 2.65. The zero-order valence-corrected chi connectivity index (χ0v) is 12.3. The van der Waals surface area contributed by atoms with Crippen LogP contribution in [0.5, 0.6) is 0 Å². The molecule has 114 valence electrons. The molecule has 2 amide bonds. The summed E-state index contributed by atoms with van der Waals surface area (Å²) in [7, 11) is 0. The Bertz CT molecular complexity index is 500. The van der Waals surface area contributed by atoms with Crippen LogP contribution in [0.4, 0.5) is 4.79 Å². The maximum atomic E-state index is 12.1. The first-order valence-electron chi connectivity index (χ1n) is 6.58. The number of hydrogen-bond donors (Lipinski definition) is 3. The zero-order valence-electron chi connectivity index (χ0n) is 12.3. The highest BCUT2D eigenvalue weighted by atomic mass is 16.4. The molecule has 3 N–H and O–H groups in total. The van der Waals surface area contributed by atoms with Gasteiger partial charge in [-0.1, -0.05) is 36.4 Å². The summed E-state index contributed by atoms with van der Waals surface area (Å²) in [6.07, 6.45) is 1.52. The Morgan fingerprint density at radius 2 is 1.95 bits per heavy atom. The standard InChI is InChI=1S/C15H21N3O3/c1-4-10-18(17-15(2,3)13(19)20)14(21)16-11-12-8-6-5-7-9-12/h4-9,17H,1,10-11H2,2-3H3,(H,16,21)(H,19,20). The summed E-state index contributed by atoms with van der Waals surface area (Å²) in [5.74, 6) is -1.05. The fourth-order valence-corrected chi connectivity index (χ4v) is 1.56. The maximum Gasteiger partial charge on any atom is 0.332 e. The molecule has 1 aromatic carbocycles. The Kier molecular flexibility index (Phi) is 5.92. The lowest BCUT2D eigenvalue weighted by atomic mass is 10.1. The highest BCUT2D eigenvalue weighted by Gasteiger charge is 2.30. The molecule has 1 aromatic rings.